The summed E-state index contributed by atoms with van der Waals surface area (Å²) in [5.41, 5.74) is 0. The quantitative estimate of drug-likeness (QED) is 0.0246. The Morgan fingerprint density at radius 1 is 0.525 bits per heavy atom. The maximum Gasteiger partial charge on any atom is 0.306 e. The van der Waals surface area contributed by atoms with E-state index in [1.807, 2.05) is 24.3 Å². The van der Waals surface area contributed by atoms with Crippen molar-refractivity contribution in [1.82, 2.24) is 5.32 Å². The van der Waals surface area contributed by atoms with Crippen molar-refractivity contribution in [2.24, 2.45) is 0 Å². The van der Waals surface area contributed by atoms with Gasteiger partial charge in [-0.1, -0.05) is 216 Å². The lowest BCUT2D eigenvalue weighted by Gasteiger charge is -2.24. The molecule has 0 saturated carbocycles. The molecule has 0 radical (unpaired) electrons. The van der Waals surface area contributed by atoms with Crippen LogP contribution in [0.5, 0.6) is 0 Å². The number of hydrogen-bond donors (Lipinski definition) is 3. The lowest BCUT2D eigenvalue weighted by molar-refractivity contribution is -0.151. The third-order valence-corrected chi connectivity index (χ3v) is 10.9. The zero-order chi connectivity index (χ0) is 43.1. The molecule has 0 aromatic carbocycles. The molecule has 0 saturated heterocycles. The Hall–Kier alpha value is -2.70. The summed E-state index contributed by atoms with van der Waals surface area (Å²) in [6, 6.07) is -0.718. The van der Waals surface area contributed by atoms with Crippen molar-refractivity contribution in [1.29, 1.82) is 0 Å². The molecule has 0 aromatic heterocycles. The van der Waals surface area contributed by atoms with Gasteiger partial charge in [-0.3, -0.25) is 9.59 Å². The predicted molar refractivity (Wildman–Crippen MR) is 255 cm³/mol. The number of aliphatic hydroxyl groups excluding tert-OH is 2. The molecular formula is C53H93NO5. The van der Waals surface area contributed by atoms with Crippen molar-refractivity contribution in [2.75, 3.05) is 6.61 Å². The second-order valence-electron chi connectivity index (χ2n) is 16.5. The molecule has 0 heterocycles. The molecule has 0 aromatic rings. The van der Waals surface area contributed by atoms with E-state index in [9.17, 15) is 19.8 Å². The number of aliphatic hydroxyl groups is 2. The molecule has 340 valence electrons. The molecule has 0 aliphatic heterocycles. The molecule has 0 bridgehead atoms. The van der Waals surface area contributed by atoms with Gasteiger partial charge in [-0.05, 0) is 70.6 Å². The Kier molecular flexibility index (Phi) is 44.2. The fourth-order valence-corrected chi connectivity index (χ4v) is 7.18. The summed E-state index contributed by atoms with van der Waals surface area (Å²) in [6.07, 6.45) is 58.2. The highest BCUT2D eigenvalue weighted by Gasteiger charge is 2.24. The zero-order valence-electron chi connectivity index (χ0n) is 38.6. The summed E-state index contributed by atoms with van der Waals surface area (Å²) in [7, 11) is 0. The second kappa shape index (κ2) is 46.4. The Bertz CT molecular complexity index is 1110. The molecule has 0 aliphatic carbocycles. The summed E-state index contributed by atoms with van der Waals surface area (Å²) in [5.74, 6) is -0.525. The van der Waals surface area contributed by atoms with Gasteiger partial charge in [0.05, 0.1) is 25.2 Å². The Labute approximate surface area is 364 Å². The smallest absolute Gasteiger partial charge is 0.306 e. The Balaban J connectivity index is 4.65. The van der Waals surface area contributed by atoms with Gasteiger partial charge in [0.25, 0.3) is 0 Å². The van der Waals surface area contributed by atoms with Gasteiger partial charge in [-0.2, -0.15) is 0 Å². The SMILES string of the molecule is CC/C=C/C=C/C=C/C=C\CCCCCC(CC(=O)NC(CO)C(O)CCCCCCCCCCCCCCC)OC(=O)CCCCCCCCC/C=C/C/C=C/CC. The standard InChI is InChI=1S/C53H93NO5/c1-4-7-10-13-16-19-22-25-28-31-34-37-40-43-46-53(58)59-49(44-41-38-35-32-29-26-23-20-17-14-11-8-5-2)47-52(57)54-50(48-55)51(56)45-42-39-36-33-30-27-24-21-18-15-12-9-6-3/h7-8,10-11,14,16-17,19-20,23,26,29,49-51,55-56H,4-6,9,12-13,15,18,21-22,24-25,27-28,30-48H2,1-3H3,(H,54,57)/b10-7+,11-8+,17-14+,19-16+,23-20+,29-26-. The van der Waals surface area contributed by atoms with Gasteiger partial charge < -0.3 is 20.3 Å². The van der Waals surface area contributed by atoms with E-state index < -0.39 is 18.2 Å². The number of rotatable bonds is 43. The first-order chi connectivity index (χ1) is 29.0. The zero-order valence-corrected chi connectivity index (χ0v) is 38.6. The van der Waals surface area contributed by atoms with Crippen LogP contribution >= 0.6 is 0 Å². The van der Waals surface area contributed by atoms with Crippen molar-refractivity contribution >= 4 is 11.9 Å². The van der Waals surface area contributed by atoms with Crippen molar-refractivity contribution in [3.63, 3.8) is 0 Å². The minimum absolute atomic E-state index is 0.0456. The highest BCUT2D eigenvalue weighted by Crippen LogP contribution is 2.17. The normalized spacial score (nSPS) is 13.9. The number of unbranched alkanes of at least 4 members (excludes halogenated alkanes) is 22. The van der Waals surface area contributed by atoms with E-state index in [1.54, 1.807) is 0 Å². The largest absolute Gasteiger partial charge is 0.462 e. The lowest BCUT2D eigenvalue weighted by Crippen LogP contribution is -2.46. The number of nitrogens with one attached hydrogen (secondary N) is 1. The van der Waals surface area contributed by atoms with E-state index >= 15 is 0 Å². The van der Waals surface area contributed by atoms with E-state index in [2.05, 4.69) is 74.7 Å². The second-order valence-corrected chi connectivity index (χ2v) is 16.5. The van der Waals surface area contributed by atoms with Crippen LogP contribution in [0.2, 0.25) is 0 Å². The minimum atomic E-state index is -0.802. The van der Waals surface area contributed by atoms with Crippen LogP contribution in [0, 0.1) is 0 Å². The molecule has 0 aliphatic rings. The molecule has 59 heavy (non-hydrogen) atoms. The molecule has 3 atom stereocenters. The average Bonchev–Trinajstić information content (AvgIpc) is 3.23. The molecule has 3 unspecified atom stereocenters. The lowest BCUT2D eigenvalue weighted by atomic mass is 10.0. The summed E-state index contributed by atoms with van der Waals surface area (Å²) in [5, 5.41) is 23.7. The Morgan fingerprint density at radius 2 is 1.00 bits per heavy atom. The van der Waals surface area contributed by atoms with Crippen molar-refractivity contribution < 1.29 is 24.5 Å². The van der Waals surface area contributed by atoms with Crippen LogP contribution in [-0.2, 0) is 14.3 Å². The minimum Gasteiger partial charge on any atom is -0.462 e. The molecular weight excluding hydrogens is 731 g/mol. The topological polar surface area (TPSA) is 95.9 Å². The number of allylic oxidation sites excluding steroid dienone is 12. The van der Waals surface area contributed by atoms with Crippen LogP contribution in [0.1, 0.15) is 226 Å². The first-order valence-corrected chi connectivity index (χ1v) is 24.7. The van der Waals surface area contributed by atoms with E-state index in [0.717, 1.165) is 89.9 Å². The van der Waals surface area contributed by atoms with Crippen molar-refractivity contribution in [2.45, 2.75) is 244 Å². The first kappa shape index (κ1) is 56.3. The van der Waals surface area contributed by atoms with Gasteiger partial charge >= 0.3 is 5.97 Å². The van der Waals surface area contributed by atoms with Gasteiger partial charge in [0, 0.05) is 6.42 Å². The maximum atomic E-state index is 13.2. The molecule has 6 nitrogen and oxygen atoms in total. The average molecular weight is 824 g/mol. The monoisotopic (exact) mass is 824 g/mol. The van der Waals surface area contributed by atoms with Crippen LogP contribution in [0.15, 0.2) is 72.9 Å². The third-order valence-electron chi connectivity index (χ3n) is 10.9. The molecule has 0 spiro atoms. The van der Waals surface area contributed by atoms with Gasteiger partial charge in [0.15, 0.2) is 0 Å². The number of esters is 1. The van der Waals surface area contributed by atoms with Crippen LogP contribution in [0.4, 0.5) is 0 Å². The van der Waals surface area contributed by atoms with E-state index in [4.69, 9.17) is 4.74 Å². The van der Waals surface area contributed by atoms with Gasteiger partial charge in [0.2, 0.25) is 5.91 Å². The number of hydrogen-bond acceptors (Lipinski definition) is 5. The van der Waals surface area contributed by atoms with Gasteiger partial charge in [0.1, 0.15) is 6.10 Å². The number of carbonyl (C=O) groups is 2. The molecule has 0 fully saturated rings. The fraction of sp³-hybridized carbons (Fsp3) is 0.736. The number of amides is 1. The van der Waals surface area contributed by atoms with Gasteiger partial charge in [-0.15, -0.1) is 0 Å². The Morgan fingerprint density at radius 3 is 1.59 bits per heavy atom. The van der Waals surface area contributed by atoms with Crippen LogP contribution in [0.25, 0.3) is 0 Å². The fourth-order valence-electron chi connectivity index (χ4n) is 7.18. The molecule has 3 N–H and O–H groups in total. The summed E-state index contributed by atoms with van der Waals surface area (Å²) in [6.45, 7) is 6.22. The van der Waals surface area contributed by atoms with E-state index in [1.165, 1.54) is 89.9 Å². The maximum absolute atomic E-state index is 13.2. The molecule has 6 heteroatoms. The third kappa shape index (κ3) is 41.8. The van der Waals surface area contributed by atoms with Crippen molar-refractivity contribution in [3.05, 3.63) is 72.9 Å². The highest BCUT2D eigenvalue weighted by molar-refractivity contribution is 5.77. The summed E-state index contributed by atoms with van der Waals surface area (Å²) >= 11 is 0. The van der Waals surface area contributed by atoms with E-state index in [-0.39, 0.29) is 24.9 Å². The number of carbonyl (C=O) groups excluding carboxylic acids is 2. The van der Waals surface area contributed by atoms with Crippen LogP contribution < -0.4 is 5.32 Å². The first-order valence-electron chi connectivity index (χ1n) is 24.7. The summed E-state index contributed by atoms with van der Waals surface area (Å²) < 4.78 is 5.90. The highest BCUT2D eigenvalue weighted by atomic mass is 16.5. The molecule has 0 rings (SSSR count). The van der Waals surface area contributed by atoms with E-state index in [0.29, 0.717) is 19.3 Å². The van der Waals surface area contributed by atoms with Crippen LogP contribution in [-0.4, -0.2) is 46.9 Å². The van der Waals surface area contributed by atoms with Crippen LogP contribution in [0.3, 0.4) is 0 Å². The number of ether oxygens (including phenoxy) is 1. The van der Waals surface area contributed by atoms with Gasteiger partial charge in [-0.25, -0.2) is 0 Å². The summed E-state index contributed by atoms with van der Waals surface area (Å²) in [4.78, 5) is 26.1. The predicted octanol–water partition coefficient (Wildman–Crippen LogP) is 14.6. The molecule has 1 amide bonds. The van der Waals surface area contributed by atoms with Crippen molar-refractivity contribution in [3.8, 4) is 0 Å².